The molecule has 6 aromatic rings. The Balaban J connectivity index is 1.69. The second-order valence-corrected chi connectivity index (χ2v) is 13.2. The van der Waals surface area contributed by atoms with Gasteiger partial charge in [0, 0.05) is 38.2 Å². The van der Waals surface area contributed by atoms with Gasteiger partial charge in [-0.15, -0.1) is 0 Å². The highest BCUT2D eigenvalue weighted by Crippen LogP contribution is 2.48. The predicted molar refractivity (Wildman–Crippen MR) is 173 cm³/mol. The van der Waals surface area contributed by atoms with Crippen molar-refractivity contribution in [3.05, 3.63) is 130 Å². The molecule has 47 heavy (non-hydrogen) atoms. The predicted octanol–water partition coefficient (Wildman–Crippen LogP) is 10.1. The maximum Gasteiger partial charge on any atom is 0.340 e. The molecule has 0 saturated carbocycles. The molecule has 0 aliphatic rings. The number of carbonyl (C=O) groups is 1. The smallest absolute Gasteiger partial charge is 0.340 e. The number of esters is 1. The second-order valence-electron chi connectivity index (χ2n) is 10.2. The average Bonchev–Trinajstić information content (AvgIpc) is 3.67. The lowest BCUT2D eigenvalue weighted by atomic mass is 9.96. The zero-order valence-corrected chi connectivity index (χ0v) is 26.4. The minimum atomic E-state index is -4.56. The molecule has 2 heterocycles. The van der Waals surface area contributed by atoms with E-state index in [4.69, 9.17) is 18.2 Å². The van der Waals surface area contributed by atoms with Crippen LogP contribution in [0.1, 0.15) is 22.3 Å². The van der Waals surface area contributed by atoms with Crippen LogP contribution in [0, 0.1) is 18.2 Å². The van der Waals surface area contributed by atoms with E-state index in [1.165, 1.54) is 6.07 Å². The SMILES string of the molecule is [C-]#[N+]c1sccc1-c1c(-c2cccc(-c3cc(F)c(C(=O)OC)cc3Cl)c2)n(S(=O)(=O)c2ccc(C(F)F)cc2)c2ccc(F)cc12. The molecule has 2 aromatic heterocycles. The van der Waals surface area contributed by atoms with Gasteiger partial charge in [-0.2, -0.15) is 11.3 Å². The Morgan fingerprint density at radius 2 is 1.68 bits per heavy atom. The van der Waals surface area contributed by atoms with E-state index in [0.29, 0.717) is 11.1 Å². The highest BCUT2D eigenvalue weighted by atomic mass is 35.5. The number of carbonyl (C=O) groups excluding carboxylic acids is 1. The van der Waals surface area contributed by atoms with Crippen LogP contribution >= 0.6 is 22.9 Å². The van der Waals surface area contributed by atoms with Gasteiger partial charge in [0.2, 0.25) is 5.00 Å². The summed E-state index contributed by atoms with van der Waals surface area (Å²) in [5.41, 5.74) is 0.698. The number of alkyl halides is 2. The van der Waals surface area contributed by atoms with Gasteiger partial charge in [-0.1, -0.05) is 48.0 Å². The summed E-state index contributed by atoms with van der Waals surface area (Å²) < 4.78 is 91.0. The van der Waals surface area contributed by atoms with Crippen molar-refractivity contribution >= 4 is 54.8 Å². The third kappa shape index (κ3) is 5.56. The van der Waals surface area contributed by atoms with Gasteiger partial charge in [0.25, 0.3) is 16.4 Å². The number of hydrogen-bond acceptors (Lipinski definition) is 5. The van der Waals surface area contributed by atoms with Crippen molar-refractivity contribution < 1.29 is 35.5 Å². The summed E-state index contributed by atoms with van der Waals surface area (Å²) in [6.45, 7) is 7.74. The van der Waals surface area contributed by atoms with E-state index >= 15 is 4.39 Å². The summed E-state index contributed by atoms with van der Waals surface area (Å²) in [5, 5.41) is 2.04. The highest BCUT2D eigenvalue weighted by molar-refractivity contribution is 7.90. The van der Waals surface area contributed by atoms with Crippen molar-refractivity contribution in [1.29, 1.82) is 0 Å². The molecule has 236 valence electrons. The van der Waals surface area contributed by atoms with Gasteiger partial charge in [0.15, 0.2) is 0 Å². The lowest BCUT2D eigenvalue weighted by Crippen LogP contribution is -2.14. The molecule has 0 atom stereocenters. The lowest BCUT2D eigenvalue weighted by Gasteiger charge is -2.15. The van der Waals surface area contributed by atoms with E-state index in [0.717, 1.165) is 70.9 Å². The number of nitrogens with zero attached hydrogens (tertiary/aromatic N) is 2. The Hall–Kier alpha value is -4.96. The van der Waals surface area contributed by atoms with E-state index in [-0.39, 0.29) is 59.3 Å². The molecular formula is C34H19ClF4N2O4S2. The van der Waals surface area contributed by atoms with Gasteiger partial charge in [-0.3, -0.25) is 0 Å². The number of methoxy groups -OCH3 is 1. The number of hydrogen-bond donors (Lipinski definition) is 0. The van der Waals surface area contributed by atoms with Gasteiger partial charge >= 0.3 is 5.97 Å². The Bertz CT molecular complexity index is 2360. The third-order valence-corrected chi connectivity index (χ3v) is 10.3. The van der Waals surface area contributed by atoms with E-state index in [1.807, 2.05) is 0 Å². The quantitative estimate of drug-likeness (QED) is 0.0948. The first-order valence-corrected chi connectivity index (χ1v) is 16.3. The molecule has 0 amide bonds. The first-order valence-electron chi connectivity index (χ1n) is 13.6. The molecular weight excluding hydrogens is 676 g/mol. The molecule has 6 nitrogen and oxygen atoms in total. The first kappa shape index (κ1) is 32.0. The minimum Gasteiger partial charge on any atom is -0.465 e. The monoisotopic (exact) mass is 694 g/mol. The number of benzene rings is 4. The van der Waals surface area contributed by atoms with Crippen LogP contribution in [0.15, 0.2) is 95.2 Å². The Labute approximate surface area is 274 Å². The van der Waals surface area contributed by atoms with Crippen LogP contribution in [0.4, 0.5) is 22.6 Å². The molecule has 4 aromatic carbocycles. The maximum absolute atomic E-state index is 15.0. The lowest BCUT2D eigenvalue weighted by molar-refractivity contribution is 0.0595. The fourth-order valence-corrected chi connectivity index (χ4v) is 7.86. The normalized spacial score (nSPS) is 11.6. The molecule has 0 saturated heterocycles. The third-order valence-electron chi connectivity index (χ3n) is 7.48. The molecule has 0 aliphatic carbocycles. The number of aromatic nitrogens is 1. The van der Waals surface area contributed by atoms with Crippen molar-refractivity contribution in [2.45, 2.75) is 11.3 Å². The topological polar surface area (TPSA) is 69.7 Å². The van der Waals surface area contributed by atoms with Crippen LogP contribution in [0.25, 0.3) is 49.3 Å². The summed E-state index contributed by atoms with van der Waals surface area (Å²) in [4.78, 5) is 15.3. The fraction of sp³-hybridized carbons (Fsp3) is 0.0588. The van der Waals surface area contributed by atoms with E-state index in [2.05, 4.69) is 9.58 Å². The zero-order chi connectivity index (χ0) is 33.6. The van der Waals surface area contributed by atoms with Crippen LogP contribution in [-0.4, -0.2) is 25.5 Å². The molecule has 0 aliphatic heterocycles. The fourth-order valence-electron chi connectivity index (χ4n) is 5.36. The minimum absolute atomic E-state index is 0.00616. The molecule has 0 radical (unpaired) electrons. The summed E-state index contributed by atoms with van der Waals surface area (Å²) in [6.07, 6.45) is -2.82. The van der Waals surface area contributed by atoms with Crippen molar-refractivity contribution in [1.82, 2.24) is 3.97 Å². The molecule has 0 bridgehead atoms. The van der Waals surface area contributed by atoms with Crippen LogP contribution in [0.2, 0.25) is 5.02 Å². The van der Waals surface area contributed by atoms with Gasteiger partial charge in [-0.05, 0) is 59.5 Å². The molecule has 6 rings (SSSR count). The Morgan fingerprint density at radius 3 is 2.36 bits per heavy atom. The van der Waals surface area contributed by atoms with Crippen LogP contribution in [0.3, 0.4) is 0 Å². The second kappa shape index (κ2) is 12.3. The van der Waals surface area contributed by atoms with Crippen molar-refractivity contribution in [3.8, 4) is 33.5 Å². The molecule has 13 heteroatoms. The molecule has 0 fully saturated rings. The standard InChI is InChI=1S/C34H19ClF4N2O4S2/c1-40-33-23(12-13-46-33)30-26-15-21(36)8-11-29(26)41(47(43,44)22-9-6-18(7-10-22)32(38)39)31(30)20-5-3-4-19(14-20)24-17-28(37)25(16-27(24)35)34(42)45-2/h3-17,32H,2H3. The average molecular weight is 695 g/mol. The highest BCUT2D eigenvalue weighted by Gasteiger charge is 2.30. The number of rotatable bonds is 7. The largest absolute Gasteiger partial charge is 0.465 e. The summed E-state index contributed by atoms with van der Waals surface area (Å²) in [5.74, 6) is -2.49. The summed E-state index contributed by atoms with van der Waals surface area (Å²) in [7, 11) is -3.46. The van der Waals surface area contributed by atoms with Gasteiger partial charge in [-0.25, -0.2) is 39.6 Å². The van der Waals surface area contributed by atoms with Crippen molar-refractivity contribution in [2.24, 2.45) is 0 Å². The number of ether oxygens (including phenoxy) is 1. The van der Waals surface area contributed by atoms with Gasteiger partial charge in [0.1, 0.15) is 11.6 Å². The van der Waals surface area contributed by atoms with E-state index in [9.17, 15) is 26.4 Å². The summed E-state index contributed by atoms with van der Waals surface area (Å²) in [6, 6.07) is 17.8. The van der Waals surface area contributed by atoms with Crippen LogP contribution in [0.5, 0.6) is 0 Å². The van der Waals surface area contributed by atoms with E-state index in [1.54, 1.807) is 35.7 Å². The van der Waals surface area contributed by atoms with Crippen molar-refractivity contribution in [2.75, 3.05) is 7.11 Å². The van der Waals surface area contributed by atoms with Crippen LogP contribution in [-0.2, 0) is 14.8 Å². The van der Waals surface area contributed by atoms with Crippen molar-refractivity contribution in [3.63, 3.8) is 0 Å². The Kier molecular flexibility index (Phi) is 8.40. The molecule has 0 N–H and O–H groups in total. The molecule has 0 unspecified atom stereocenters. The molecule has 0 spiro atoms. The number of thiophene rings is 1. The number of halogens is 5. The van der Waals surface area contributed by atoms with Gasteiger partial charge in [0.05, 0.1) is 35.4 Å². The summed E-state index contributed by atoms with van der Waals surface area (Å²) >= 11 is 7.60. The van der Waals surface area contributed by atoms with Gasteiger partial charge < -0.3 is 4.74 Å². The van der Waals surface area contributed by atoms with E-state index < -0.39 is 34.1 Å². The zero-order valence-electron chi connectivity index (χ0n) is 24.0. The maximum atomic E-state index is 15.0. The number of fused-ring (bicyclic) bond motifs is 1. The van der Waals surface area contributed by atoms with Crippen LogP contribution < -0.4 is 0 Å². The first-order chi connectivity index (χ1) is 22.5. The Morgan fingerprint density at radius 1 is 0.957 bits per heavy atom.